The predicted molar refractivity (Wildman–Crippen MR) is 146 cm³/mol. The third-order valence-corrected chi connectivity index (χ3v) is 7.75. The van der Waals surface area contributed by atoms with Crippen molar-refractivity contribution >= 4 is 27.5 Å². The van der Waals surface area contributed by atoms with Gasteiger partial charge >= 0.3 is 0 Å². The van der Waals surface area contributed by atoms with Crippen LogP contribution in [0.25, 0.3) is 0 Å². The van der Waals surface area contributed by atoms with E-state index in [0.717, 1.165) is 11.1 Å². The lowest BCUT2D eigenvalue weighted by Gasteiger charge is -2.34. The summed E-state index contributed by atoms with van der Waals surface area (Å²) in [5.41, 5.74) is 1.85. The summed E-state index contributed by atoms with van der Waals surface area (Å²) in [6.07, 6.45) is -0.215. The van der Waals surface area contributed by atoms with Crippen LogP contribution < -0.4 is 19.7 Å². The number of nitrogens with one attached hydrogen (secondary N) is 2. The van der Waals surface area contributed by atoms with Gasteiger partial charge in [0, 0.05) is 18.5 Å². The smallest absolute Gasteiger partial charge is 0.263 e. The molecule has 0 bridgehead atoms. The van der Waals surface area contributed by atoms with Gasteiger partial charge in [0.15, 0.2) is 6.10 Å². The molecule has 1 aliphatic rings. The van der Waals surface area contributed by atoms with Crippen LogP contribution in [0.1, 0.15) is 38.3 Å². The van der Waals surface area contributed by atoms with Crippen molar-refractivity contribution in [2.75, 3.05) is 11.4 Å². The van der Waals surface area contributed by atoms with Gasteiger partial charge < -0.3 is 15.0 Å². The Hall–Kier alpha value is -3.69. The fourth-order valence-electron chi connectivity index (χ4n) is 4.19. The van der Waals surface area contributed by atoms with Crippen LogP contribution in [0.2, 0.25) is 0 Å². The molecule has 0 saturated carbocycles. The molecule has 0 aliphatic carbocycles. The third-order valence-electron chi connectivity index (χ3n) is 5.98. The van der Waals surface area contributed by atoms with Crippen LogP contribution in [-0.2, 0) is 32.6 Å². The van der Waals surface area contributed by atoms with Gasteiger partial charge in [0.05, 0.1) is 17.1 Å². The predicted octanol–water partition coefficient (Wildman–Crippen LogP) is 3.81. The van der Waals surface area contributed by atoms with E-state index in [2.05, 4.69) is 10.0 Å². The monoisotopic (exact) mass is 535 g/mol. The molecule has 0 fully saturated rings. The van der Waals surface area contributed by atoms with Crippen molar-refractivity contribution in [1.82, 2.24) is 10.0 Å². The molecule has 4 rings (SSSR count). The van der Waals surface area contributed by atoms with Gasteiger partial charge in [-0.25, -0.2) is 13.1 Å². The topological polar surface area (TPSA) is 105 Å². The highest BCUT2D eigenvalue weighted by atomic mass is 32.2. The minimum absolute atomic E-state index is 0.103. The van der Waals surface area contributed by atoms with Gasteiger partial charge in [0.1, 0.15) is 5.75 Å². The second-order valence-electron chi connectivity index (χ2n) is 10.3. The molecule has 2 N–H and O–H groups in total. The van der Waals surface area contributed by atoms with Gasteiger partial charge in [-0.05, 0) is 62.6 Å². The van der Waals surface area contributed by atoms with Crippen molar-refractivity contribution < 1.29 is 22.7 Å². The Kier molecular flexibility index (Phi) is 8.18. The molecule has 200 valence electrons. The quantitative estimate of drug-likeness (QED) is 0.457. The first-order chi connectivity index (χ1) is 18.0. The summed E-state index contributed by atoms with van der Waals surface area (Å²) in [6, 6.07) is 23.3. The number of benzene rings is 3. The highest BCUT2D eigenvalue weighted by Gasteiger charge is 2.33. The highest BCUT2D eigenvalue weighted by molar-refractivity contribution is 7.89. The number of rotatable bonds is 8. The van der Waals surface area contributed by atoms with Crippen molar-refractivity contribution in [2.24, 2.45) is 0 Å². The maximum Gasteiger partial charge on any atom is 0.263 e. The summed E-state index contributed by atoms with van der Waals surface area (Å²) < 4.78 is 33.7. The molecule has 0 aromatic heterocycles. The van der Waals surface area contributed by atoms with Crippen molar-refractivity contribution in [1.29, 1.82) is 0 Å². The number of hydrogen-bond acceptors (Lipinski definition) is 5. The van der Waals surface area contributed by atoms with E-state index in [4.69, 9.17) is 4.74 Å². The second kappa shape index (κ2) is 11.4. The number of carbonyl (C=O) groups is 2. The molecule has 38 heavy (non-hydrogen) atoms. The molecule has 0 radical (unpaired) electrons. The average molecular weight is 536 g/mol. The van der Waals surface area contributed by atoms with Gasteiger partial charge in [-0.2, -0.15) is 0 Å². The van der Waals surface area contributed by atoms with Gasteiger partial charge in [-0.15, -0.1) is 0 Å². The Labute approximate surface area is 224 Å². The summed E-state index contributed by atoms with van der Waals surface area (Å²) in [6.45, 7) is 5.82. The second-order valence-corrected chi connectivity index (χ2v) is 12.0. The summed E-state index contributed by atoms with van der Waals surface area (Å²) >= 11 is 0. The molecule has 3 aromatic carbocycles. The fraction of sp³-hybridized carbons (Fsp3) is 0.310. The molecule has 3 aromatic rings. The number of amides is 2. The zero-order valence-corrected chi connectivity index (χ0v) is 22.6. The first kappa shape index (κ1) is 27.3. The molecule has 0 saturated heterocycles. The maximum absolute atomic E-state index is 13.3. The van der Waals surface area contributed by atoms with Crippen molar-refractivity contribution in [2.45, 2.75) is 56.7 Å². The number of aryl methyl sites for hydroxylation is 1. The summed E-state index contributed by atoms with van der Waals surface area (Å²) in [7, 11) is -3.63. The Bertz CT molecular complexity index is 1380. The van der Waals surface area contributed by atoms with E-state index in [0.29, 0.717) is 24.4 Å². The standard InChI is InChI=1S/C29H33N3O5S/c1-29(2,3)31-38(35,36)23-16-13-21(14-17-23)15-18-27(33)32-20-26(37-25-12-8-7-11-24(25)32)28(34)30-19-22-9-5-4-6-10-22/h4-14,16-17,26,31H,15,18-20H2,1-3H3,(H,30,34)/t26-/m0/s1. The zero-order valence-electron chi connectivity index (χ0n) is 21.8. The Balaban J connectivity index is 1.41. The van der Waals surface area contributed by atoms with Crippen LogP contribution in [0.15, 0.2) is 83.8 Å². The van der Waals surface area contributed by atoms with Crippen LogP contribution in [0.5, 0.6) is 5.75 Å². The van der Waals surface area contributed by atoms with Crippen molar-refractivity contribution in [3.63, 3.8) is 0 Å². The van der Waals surface area contributed by atoms with Crippen LogP contribution >= 0.6 is 0 Å². The summed E-state index contributed by atoms with van der Waals surface area (Å²) in [5, 5.41) is 2.89. The normalized spacial score (nSPS) is 15.3. The number of sulfonamides is 1. The largest absolute Gasteiger partial charge is 0.477 e. The Morgan fingerprint density at radius 1 is 0.921 bits per heavy atom. The number of para-hydroxylation sites is 2. The van der Waals surface area contributed by atoms with Gasteiger partial charge in [-0.3, -0.25) is 9.59 Å². The third kappa shape index (κ3) is 6.99. The van der Waals surface area contributed by atoms with Gasteiger partial charge in [-0.1, -0.05) is 54.6 Å². The average Bonchev–Trinajstić information content (AvgIpc) is 2.89. The molecule has 1 aliphatic heterocycles. The van der Waals surface area contributed by atoms with Crippen LogP contribution in [0.4, 0.5) is 5.69 Å². The molecule has 8 nitrogen and oxygen atoms in total. The Morgan fingerprint density at radius 3 is 2.26 bits per heavy atom. The number of ether oxygens (including phenoxy) is 1. The lowest BCUT2D eigenvalue weighted by atomic mass is 10.1. The van der Waals surface area contributed by atoms with Crippen LogP contribution in [0.3, 0.4) is 0 Å². The van der Waals surface area contributed by atoms with E-state index in [1.54, 1.807) is 68.1 Å². The van der Waals surface area contributed by atoms with E-state index < -0.39 is 21.7 Å². The molecular formula is C29H33N3O5S. The molecule has 1 heterocycles. The number of carbonyl (C=O) groups excluding carboxylic acids is 2. The van der Waals surface area contributed by atoms with Gasteiger partial charge in [0.25, 0.3) is 5.91 Å². The molecule has 2 amide bonds. The van der Waals surface area contributed by atoms with Gasteiger partial charge in [0.2, 0.25) is 15.9 Å². The molecule has 0 unspecified atom stereocenters. The summed E-state index contributed by atoms with van der Waals surface area (Å²) in [4.78, 5) is 28.0. The van der Waals surface area contributed by atoms with E-state index in [1.165, 1.54) is 0 Å². The first-order valence-corrected chi connectivity index (χ1v) is 14.0. The van der Waals surface area contributed by atoms with Crippen LogP contribution in [-0.4, -0.2) is 38.4 Å². The minimum atomic E-state index is -3.63. The van der Waals surface area contributed by atoms with E-state index in [9.17, 15) is 18.0 Å². The van der Waals surface area contributed by atoms with E-state index >= 15 is 0 Å². The number of nitrogens with zero attached hydrogens (tertiary/aromatic N) is 1. The number of hydrogen-bond donors (Lipinski definition) is 2. The molecule has 1 atom stereocenters. The fourth-order valence-corrected chi connectivity index (χ4v) is 5.61. The Morgan fingerprint density at radius 2 is 1.58 bits per heavy atom. The molecule has 9 heteroatoms. The molecule has 0 spiro atoms. The summed E-state index contributed by atoms with van der Waals surface area (Å²) in [5.74, 6) is 0.0439. The van der Waals surface area contributed by atoms with E-state index in [1.807, 2.05) is 36.4 Å². The lowest BCUT2D eigenvalue weighted by Crippen LogP contribution is -2.50. The maximum atomic E-state index is 13.3. The van der Waals surface area contributed by atoms with Crippen LogP contribution in [0, 0.1) is 0 Å². The number of anilines is 1. The lowest BCUT2D eigenvalue weighted by molar-refractivity contribution is -0.128. The first-order valence-electron chi connectivity index (χ1n) is 12.5. The zero-order chi connectivity index (χ0) is 27.3. The SMILES string of the molecule is CC(C)(C)NS(=O)(=O)c1ccc(CCC(=O)N2C[C@@H](C(=O)NCc3ccccc3)Oc3ccccc32)cc1. The molecular weight excluding hydrogens is 502 g/mol. The highest BCUT2D eigenvalue weighted by Crippen LogP contribution is 2.33. The number of fused-ring (bicyclic) bond motifs is 1. The van der Waals surface area contributed by atoms with Crippen molar-refractivity contribution in [3.8, 4) is 5.75 Å². The minimum Gasteiger partial charge on any atom is -0.477 e. The van der Waals surface area contributed by atoms with Crippen molar-refractivity contribution in [3.05, 3.63) is 90.0 Å². The van der Waals surface area contributed by atoms with E-state index in [-0.39, 0.29) is 29.7 Å².